The van der Waals surface area contributed by atoms with Gasteiger partial charge in [0.15, 0.2) is 0 Å². The Labute approximate surface area is 95.0 Å². The molecule has 0 aliphatic carbocycles. The topological polar surface area (TPSA) is 12.0 Å². The van der Waals surface area contributed by atoms with Crippen LogP contribution < -0.4 is 5.32 Å². The van der Waals surface area contributed by atoms with Crippen molar-refractivity contribution in [1.29, 1.82) is 0 Å². The van der Waals surface area contributed by atoms with Crippen molar-refractivity contribution in [2.75, 3.05) is 10.8 Å². The Bertz CT molecular complexity index is 313. The van der Waals surface area contributed by atoms with Gasteiger partial charge in [0.05, 0.1) is 5.45 Å². The minimum absolute atomic E-state index is 0.234. The van der Waals surface area contributed by atoms with E-state index >= 15 is 0 Å². The van der Waals surface area contributed by atoms with Crippen molar-refractivity contribution in [3.05, 3.63) is 29.3 Å². The van der Waals surface area contributed by atoms with Gasteiger partial charge in [0.25, 0.3) is 0 Å². The van der Waals surface area contributed by atoms with E-state index < -0.39 is 0 Å². The smallest absolute Gasteiger partial charge is 0.0707 e. The number of aryl methyl sites for hydroxylation is 1. The molecule has 1 rings (SSSR count). The quantitative estimate of drug-likeness (QED) is 0.621. The van der Waals surface area contributed by atoms with Gasteiger partial charge in [0, 0.05) is 5.69 Å². The summed E-state index contributed by atoms with van der Waals surface area (Å²) in [5, 5.41) is 3.27. The summed E-state index contributed by atoms with van der Waals surface area (Å²) in [6, 6.07) is 6.60. The van der Waals surface area contributed by atoms with Gasteiger partial charge >= 0.3 is 0 Å². The third-order valence-electron chi connectivity index (χ3n) is 2.35. The summed E-state index contributed by atoms with van der Waals surface area (Å²) in [5.74, 6) is 0. The normalized spacial score (nSPS) is 11.5. The summed E-state index contributed by atoms with van der Waals surface area (Å²) in [7, 11) is 0. The van der Waals surface area contributed by atoms with Crippen molar-refractivity contribution in [3.8, 4) is 0 Å². The van der Waals surface area contributed by atoms with Gasteiger partial charge in [0.1, 0.15) is 0 Å². The molecule has 0 aliphatic heterocycles. The van der Waals surface area contributed by atoms with Crippen LogP contribution in [0, 0.1) is 6.92 Å². The van der Waals surface area contributed by atoms with E-state index in [1.807, 2.05) is 0 Å². The fourth-order valence-electron chi connectivity index (χ4n) is 1.40. The molecule has 0 radical (unpaired) electrons. The highest BCUT2D eigenvalue weighted by molar-refractivity contribution is 9.09. The lowest BCUT2D eigenvalue weighted by Crippen LogP contribution is -2.11. The Hall–Kier alpha value is -0.500. The number of benzene rings is 1. The zero-order valence-electron chi connectivity index (χ0n) is 9.32. The maximum atomic E-state index is 3.37. The van der Waals surface area contributed by atoms with Crippen molar-refractivity contribution in [2.45, 2.75) is 33.1 Å². The van der Waals surface area contributed by atoms with Gasteiger partial charge in [-0.25, -0.2) is 0 Å². The molecule has 1 nitrogen and oxygen atoms in total. The first-order valence-corrected chi connectivity index (χ1v) is 5.98. The van der Waals surface area contributed by atoms with Crippen LogP contribution >= 0.6 is 15.9 Å². The first-order chi connectivity index (χ1) is 6.45. The van der Waals surface area contributed by atoms with Crippen LogP contribution in [0.4, 0.5) is 5.69 Å². The van der Waals surface area contributed by atoms with E-state index in [-0.39, 0.29) is 5.41 Å². The molecule has 14 heavy (non-hydrogen) atoms. The molecule has 1 aromatic carbocycles. The van der Waals surface area contributed by atoms with Crippen LogP contribution in [0.15, 0.2) is 18.2 Å². The van der Waals surface area contributed by atoms with Crippen molar-refractivity contribution >= 4 is 21.6 Å². The number of nitrogens with one attached hydrogen (secondary N) is 1. The van der Waals surface area contributed by atoms with Gasteiger partial charge in [-0.05, 0) is 29.5 Å². The van der Waals surface area contributed by atoms with Crippen LogP contribution in [0.1, 0.15) is 31.9 Å². The summed E-state index contributed by atoms with van der Waals surface area (Å²) >= 11 is 3.37. The van der Waals surface area contributed by atoms with Gasteiger partial charge in [0.2, 0.25) is 0 Å². The van der Waals surface area contributed by atoms with Crippen LogP contribution in [-0.4, -0.2) is 5.45 Å². The Morgan fingerprint density at radius 2 is 1.93 bits per heavy atom. The van der Waals surface area contributed by atoms with Crippen molar-refractivity contribution in [3.63, 3.8) is 0 Å². The van der Waals surface area contributed by atoms with E-state index in [9.17, 15) is 0 Å². The minimum atomic E-state index is 0.234. The summed E-state index contributed by atoms with van der Waals surface area (Å²) in [5.41, 5.74) is 4.92. The number of halogens is 1. The third kappa shape index (κ3) is 2.74. The molecule has 0 atom stereocenters. The third-order valence-corrected chi connectivity index (χ3v) is 2.63. The van der Waals surface area contributed by atoms with Crippen LogP contribution in [0.25, 0.3) is 0 Å². The van der Waals surface area contributed by atoms with Crippen molar-refractivity contribution in [2.24, 2.45) is 0 Å². The molecule has 1 N–H and O–H groups in total. The van der Waals surface area contributed by atoms with E-state index in [0.717, 1.165) is 5.45 Å². The van der Waals surface area contributed by atoms with Gasteiger partial charge in [-0.3, -0.25) is 0 Å². The maximum Gasteiger partial charge on any atom is 0.0707 e. The number of rotatable bonds is 2. The number of hydrogen-bond donors (Lipinski definition) is 1. The first-order valence-electron chi connectivity index (χ1n) is 4.86. The second-order valence-electron chi connectivity index (χ2n) is 4.59. The van der Waals surface area contributed by atoms with E-state index in [4.69, 9.17) is 0 Å². The Balaban J connectivity index is 3.01. The summed E-state index contributed by atoms with van der Waals surface area (Å²) in [6.07, 6.45) is 0. The lowest BCUT2D eigenvalue weighted by molar-refractivity contribution is 0.590. The highest BCUT2D eigenvalue weighted by Crippen LogP contribution is 2.26. The molecular formula is C12H18BrN. The molecule has 0 saturated heterocycles. The molecule has 0 fully saturated rings. The molecule has 0 unspecified atom stereocenters. The predicted octanol–water partition coefficient (Wildman–Crippen LogP) is 4.06. The molecule has 78 valence electrons. The lowest BCUT2D eigenvalue weighted by Gasteiger charge is -2.20. The summed E-state index contributed by atoms with van der Waals surface area (Å²) in [6.45, 7) is 8.85. The van der Waals surface area contributed by atoms with E-state index in [0.29, 0.717) is 0 Å². The van der Waals surface area contributed by atoms with Gasteiger partial charge in [-0.1, -0.05) is 48.8 Å². The number of anilines is 1. The Morgan fingerprint density at radius 3 is 2.36 bits per heavy atom. The van der Waals surface area contributed by atoms with E-state index in [2.05, 4.69) is 67.1 Å². The lowest BCUT2D eigenvalue weighted by atomic mass is 9.86. The van der Waals surface area contributed by atoms with Crippen LogP contribution in [-0.2, 0) is 5.41 Å². The van der Waals surface area contributed by atoms with Gasteiger partial charge in [-0.15, -0.1) is 0 Å². The summed E-state index contributed by atoms with van der Waals surface area (Å²) < 4.78 is 0. The fraction of sp³-hybridized carbons (Fsp3) is 0.500. The molecule has 0 aliphatic rings. The average Bonchev–Trinajstić information content (AvgIpc) is 2.07. The zero-order chi connectivity index (χ0) is 10.8. The maximum absolute atomic E-state index is 3.37. The van der Waals surface area contributed by atoms with Crippen LogP contribution in [0.3, 0.4) is 0 Å². The highest BCUT2D eigenvalue weighted by Gasteiger charge is 2.13. The molecule has 1 aromatic rings. The molecule has 0 saturated carbocycles. The molecule has 0 aromatic heterocycles. The second kappa shape index (κ2) is 4.35. The van der Waals surface area contributed by atoms with Gasteiger partial charge < -0.3 is 5.32 Å². The number of hydrogen-bond acceptors (Lipinski definition) is 1. The minimum Gasteiger partial charge on any atom is -0.375 e. The van der Waals surface area contributed by atoms with Crippen molar-refractivity contribution in [1.82, 2.24) is 0 Å². The zero-order valence-corrected chi connectivity index (χ0v) is 10.9. The molecule has 0 spiro atoms. The molecule has 0 bridgehead atoms. The molecule has 0 heterocycles. The van der Waals surface area contributed by atoms with Gasteiger partial charge in [-0.2, -0.15) is 0 Å². The van der Waals surface area contributed by atoms with Crippen molar-refractivity contribution < 1.29 is 0 Å². The monoisotopic (exact) mass is 255 g/mol. The van der Waals surface area contributed by atoms with Crippen LogP contribution in [0.5, 0.6) is 0 Å². The van der Waals surface area contributed by atoms with E-state index in [1.165, 1.54) is 16.8 Å². The second-order valence-corrected chi connectivity index (χ2v) is 5.15. The molecule has 2 heteroatoms. The Morgan fingerprint density at radius 1 is 1.29 bits per heavy atom. The fourth-order valence-corrected chi connectivity index (χ4v) is 1.70. The first kappa shape index (κ1) is 11.6. The van der Waals surface area contributed by atoms with Crippen LogP contribution in [0.2, 0.25) is 0 Å². The largest absolute Gasteiger partial charge is 0.375 e. The van der Waals surface area contributed by atoms with E-state index in [1.54, 1.807) is 0 Å². The summed E-state index contributed by atoms with van der Waals surface area (Å²) in [4.78, 5) is 0. The molecular weight excluding hydrogens is 238 g/mol. The highest BCUT2D eigenvalue weighted by atomic mass is 79.9. The molecule has 0 amide bonds. The average molecular weight is 256 g/mol. The Kier molecular flexibility index (Phi) is 3.59. The SMILES string of the molecule is Cc1cc(C(C)(C)C)ccc1NCBr. The number of alkyl halides is 1. The predicted molar refractivity (Wildman–Crippen MR) is 67.3 cm³/mol. The standard InChI is InChI=1S/C12H18BrN/c1-9-7-10(12(2,3)4)5-6-11(9)14-8-13/h5-7,14H,8H2,1-4H3.